The lowest BCUT2D eigenvalue weighted by Crippen LogP contribution is -2.35. The molecule has 1 atom stereocenters. The van der Waals surface area contributed by atoms with E-state index in [1.807, 2.05) is 0 Å². The molecule has 1 heterocycles. The Morgan fingerprint density at radius 2 is 2.03 bits per heavy atom. The topological polar surface area (TPSA) is 147 Å². The predicted molar refractivity (Wildman–Crippen MR) is 125 cm³/mol. The smallest absolute Gasteiger partial charge is 0.336 e. The molecule has 10 nitrogen and oxygen atoms in total. The van der Waals surface area contributed by atoms with Gasteiger partial charge in [0.25, 0.3) is 5.91 Å². The summed E-state index contributed by atoms with van der Waals surface area (Å²) in [5, 5.41) is 21.8. The molecule has 0 radical (unpaired) electrons. The SMILES string of the molecule is NC(=O)c1cc2c(Oc3cccc(N(Cl)C(=O)NC4CC4)c3)ccnc2cc1OC[C@@H](O)CO. The fourth-order valence-electron chi connectivity index (χ4n) is 3.16. The number of hydrogen-bond donors (Lipinski definition) is 4. The summed E-state index contributed by atoms with van der Waals surface area (Å²) in [5.74, 6) is 0.169. The first-order valence-corrected chi connectivity index (χ1v) is 10.9. The van der Waals surface area contributed by atoms with Gasteiger partial charge >= 0.3 is 6.03 Å². The Hall–Kier alpha value is -3.60. The second-order valence-electron chi connectivity index (χ2n) is 7.79. The second kappa shape index (κ2) is 10.1. The van der Waals surface area contributed by atoms with E-state index in [0.29, 0.717) is 28.1 Å². The number of anilines is 1. The number of benzene rings is 2. The molecule has 0 spiro atoms. The van der Waals surface area contributed by atoms with Crippen LogP contribution in [0.15, 0.2) is 48.7 Å². The second-order valence-corrected chi connectivity index (χ2v) is 8.13. The number of carbonyl (C=O) groups is 2. The molecular weight excluding hydrogens is 464 g/mol. The van der Waals surface area contributed by atoms with E-state index < -0.39 is 24.6 Å². The van der Waals surface area contributed by atoms with Crippen LogP contribution < -0.4 is 24.9 Å². The van der Waals surface area contributed by atoms with Crippen molar-refractivity contribution in [3.05, 3.63) is 54.2 Å². The Morgan fingerprint density at radius 3 is 2.74 bits per heavy atom. The molecule has 5 N–H and O–H groups in total. The van der Waals surface area contributed by atoms with E-state index in [1.165, 1.54) is 18.3 Å². The highest BCUT2D eigenvalue weighted by molar-refractivity contribution is 6.36. The van der Waals surface area contributed by atoms with E-state index in [0.717, 1.165) is 17.3 Å². The molecule has 11 heteroatoms. The number of hydrogen-bond acceptors (Lipinski definition) is 7. The summed E-state index contributed by atoms with van der Waals surface area (Å²) in [6.45, 7) is -0.717. The molecule has 1 aliphatic carbocycles. The molecule has 2 aromatic carbocycles. The number of urea groups is 1. The van der Waals surface area contributed by atoms with Crippen molar-refractivity contribution >= 4 is 40.3 Å². The van der Waals surface area contributed by atoms with Gasteiger partial charge in [-0.1, -0.05) is 6.07 Å². The third-order valence-electron chi connectivity index (χ3n) is 5.07. The zero-order valence-electron chi connectivity index (χ0n) is 18.0. The Morgan fingerprint density at radius 1 is 1.24 bits per heavy atom. The fraction of sp³-hybridized carbons (Fsp3) is 0.261. The molecule has 1 saturated carbocycles. The Balaban J connectivity index is 1.61. The van der Waals surface area contributed by atoms with Crippen LogP contribution in [0.4, 0.5) is 10.5 Å². The number of aliphatic hydroxyl groups excluding tert-OH is 2. The summed E-state index contributed by atoms with van der Waals surface area (Å²) in [5.41, 5.74) is 6.46. The van der Waals surface area contributed by atoms with Gasteiger partial charge in [0.2, 0.25) is 0 Å². The highest BCUT2D eigenvalue weighted by Crippen LogP contribution is 2.34. The lowest BCUT2D eigenvalue weighted by molar-refractivity contribution is 0.0532. The van der Waals surface area contributed by atoms with E-state index in [2.05, 4.69) is 10.3 Å². The number of fused-ring (bicyclic) bond motifs is 1. The number of nitrogens with one attached hydrogen (secondary N) is 1. The minimum absolute atomic E-state index is 0.0629. The van der Waals surface area contributed by atoms with E-state index in [-0.39, 0.29) is 24.0 Å². The van der Waals surface area contributed by atoms with Crippen LogP contribution >= 0.6 is 11.8 Å². The molecule has 178 valence electrons. The molecule has 0 unspecified atom stereocenters. The van der Waals surface area contributed by atoms with E-state index >= 15 is 0 Å². The van der Waals surface area contributed by atoms with Gasteiger partial charge in [0.15, 0.2) is 0 Å². The number of nitrogens with two attached hydrogens (primary N) is 1. The largest absolute Gasteiger partial charge is 0.490 e. The van der Waals surface area contributed by atoms with Crippen molar-refractivity contribution < 1.29 is 29.3 Å². The molecule has 0 saturated heterocycles. The monoisotopic (exact) mass is 486 g/mol. The maximum atomic E-state index is 12.2. The van der Waals surface area contributed by atoms with Crippen LogP contribution in [0, 0.1) is 0 Å². The molecule has 0 bridgehead atoms. The van der Waals surface area contributed by atoms with Crippen LogP contribution in [-0.4, -0.2) is 52.5 Å². The van der Waals surface area contributed by atoms with Crippen molar-refractivity contribution in [2.24, 2.45) is 5.73 Å². The summed E-state index contributed by atoms with van der Waals surface area (Å²) in [4.78, 5) is 28.5. The minimum Gasteiger partial charge on any atom is -0.490 e. The van der Waals surface area contributed by atoms with Gasteiger partial charge in [-0.15, -0.1) is 0 Å². The van der Waals surface area contributed by atoms with Crippen molar-refractivity contribution in [2.75, 3.05) is 17.6 Å². The van der Waals surface area contributed by atoms with Crippen LogP contribution in [0.1, 0.15) is 23.2 Å². The van der Waals surface area contributed by atoms with Crippen LogP contribution in [0.25, 0.3) is 10.9 Å². The summed E-state index contributed by atoms with van der Waals surface area (Å²) >= 11 is 6.19. The van der Waals surface area contributed by atoms with Gasteiger partial charge in [-0.25, -0.2) is 9.21 Å². The normalized spacial score (nSPS) is 13.9. The van der Waals surface area contributed by atoms with Gasteiger partial charge in [0.1, 0.15) is 30.0 Å². The van der Waals surface area contributed by atoms with Gasteiger partial charge in [-0.3, -0.25) is 9.78 Å². The molecule has 0 aliphatic heterocycles. The number of aliphatic hydroxyl groups is 2. The third kappa shape index (κ3) is 5.48. The van der Waals surface area contributed by atoms with E-state index in [4.69, 9.17) is 32.1 Å². The average molecular weight is 487 g/mol. The summed E-state index contributed by atoms with van der Waals surface area (Å²) in [6.07, 6.45) is 2.29. The Kier molecular flexibility index (Phi) is 7.01. The van der Waals surface area contributed by atoms with Crippen molar-refractivity contribution in [1.29, 1.82) is 0 Å². The number of pyridine rings is 1. The lowest BCUT2D eigenvalue weighted by atomic mass is 10.1. The Bertz CT molecular complexity index is 1220. The van der Waals surface area contributed by atoms with Crippen molar-refractivity contribution in [2.45, 2.75) is 25.0 Å². The third-order valence-corrected chi connectivity index (χ3v) is 5.41. The van der Waals surface area contributed by atoms with Gasteiger partial charge in [0.05, 0.1) is 23.4 Å². The molecule has 1 fully saturated rings. The molecule has 1 aliphatic rings. The maximum absolute atomic E-state index is 12.2. The quantitative estimate of drug-likeness (QED) is 0.340. The van der Waals surface area contributed by atoms with Crippen LogP contribution in [0.3, 0.4) is 0 Å². The standard InChI is InChI=1S/C23H23ClN4O6/c24-28(23(32)27-13-4-5-13)14-2-1-3-16(8-14)34-20-6-7-26-19-10-21(33-12-15(30)11-29)18(22(25)31)9-17(19)20/h1-3,6-10,13,15,29-30H,4-5,11-12H2,(H2,25,31)(H,27,32)/t15-/m0/s1. The van der Waals surface area contributed by atoms with Gasteiger partial charge in [0, 0.05) is 41.5 Å². The molecular formula is C23H23ClN4O6. The number of aromatic nitrogens is 1. The molecule has 3 amide bonds. The number of primary amides is 1. The molecule has 4 rings (SSSR count). The number of carbonyl (C=O) groups excluding carboxylic acids is 2. The maximum Gasteiger partial charge on any atom is 0.336 e. The lowest BCUT2D eigenvalue weighted by Gasteiger charge is -2.17. The Labute approximate surface area is 200 Å². The first-order chi connectivity index (χ1) is 16.4. The number of rotatable bonds is 9. The number of amides is 3. The minimum atomic E-state index is -1.11. The number of ether oxygens (including phenoxy) is 2. The van der Waals surface area contributed by atoms with Gasteiger partial charge < -0.3 is 30.7 Å². The van der Waals surface area contributed by atoms with Crippen LogP contribution in [-0.2, 0) is 0 Å². The highest BCUT2D eigenvalue weighted by atomic mass is 35.5. The summed E-state index contributed by atoms with van der Waals surface area (Å²) in [6, 6.07) is 11.0. The van der Waals surface area contributed by atoms with Gasteiger partial charge in [-0.05, 0) is 37.1 Å². The zero-order chi connectivity index (χ0) is 24.2. The molecule has 34 heavy (non-hydrogen) atoms. The zero-order valence-corrected chi connectivity index (χ0v) is 18.7. The van der Waals surface area contributed by atoms with Crippen LogP contribution in [0.5, 0.6) is 17.2 Å². The predicted octanol–water partition coefficient (Wildman–Crippen LogP) is 2.69. The van der Waals surface area contributed by atoms with Crippen molar-refractivity contribution in [1.82, 2.24) is 10.3 Å². The first kappa shape index (κ1) is 23.6. The molecule has 3 aromatic rings. The fourth-order valence-corrected chi connectivity index (χ4v) is 3.31. The van der Waals surface area contributed by atoms with Crippen molar-refractivity contribution in [3.63, 3.8) is 0 Å². The first-order valence-electron chi connectivity index (χ1n) is 10.5. The van der Waals surface area contributed by atoms with Crippen LogP contribution in [0.2, 0.25) is 0 Å². The summed E-state index contributed by atoms with van der Waals surface area (Å²) < 4.78 is 12.5. The number of halogens is 1. The van der Waals surface area contributed by atoms with E-state index in [9.17, 15) is 14.7 Å². The summed E-state index contributed by atoms with van der Waals surface area (Å²) in [7, 11) is 0. The van der Waals surface area contributed by atoms with E-state index in [1.54, 1.807) is 30.3 Å². The average Bonchev–Trinajstić information content (AvgIpc) is 3.65. The highest BCUT2D eigenvalue weighted by Gasteiger charge is 2.26. The van der Waals surface area contributed by atoms with Crippen molar-refractivity contribution in [3.8, 4) is 17.2 Å². The number of nitrogens with zero attached hydrogens (tertiary/aromatic N) is 2. The van der Waals surface area contributed by atoms with Gasteiger partial charge in [-0.2, -0.15) is 0 Å². The molecule has 1 aromatic heterocycles.